The number of nitrogens with zero attached hydrogens (tertiary/aromatic N) is 3. The van der Waals surface area contributed by atoms with Crippen LogP contribution in [0.15, 0.2) is 45.8 Å². The van der Waals surface area contributed by atoms with Gasteiger partial charge in [0.25, 0.3) is 0 Å². The first-order valence-electron chi connectivity index (χ1n) is 9.05. The number of aryl methyl sites for hydroxylation is 1. The molecule has 1 aromatic heterocycles. The van der Waals surface area contributed by atoms with E-state index in [2.05, 4.69) is 26.0 Å². The second-order valence-electron chi connectivity index (χ2n) is 6.20. The van der Waals surface area contributed by atoms with Crippen LogP contribution >= 0.6 is 46.3 Å². The fourth-order valence-electron chi connectivity index (χ4n) is 2.46. The predicted molar refractivity (Wildman–Crippen MR) is 128 cm³/mol. The van der Waals surface area contributed by atoms with Crippen LogP contribution in [-0.4, -0.2) is 35.3 Å². The van der Waals surface area contributed by atoms with Gasteiger partial charge in [-0.1, -0.05) is 52.4 Å². The number of amides is 2. The highest BCUT2D eigenvalue weighted by Crippen LogP contribution is 2.30. The summed E-state index contributed by atoms with van der Waals surface area (Å²) in [4.78, 5) is 24.1. The third kappa shape index (κ3) is 6.42. The molecule has 32 heavy (non-hydrogen) atoms. The molecular formula is C20H17Cl2N5O3S2. The van der Waals surface area contributed by atoms with Crippen LogP contribution in [0, 0.1) is 6.92 Å². The summed E-state index contributed by atoms with van der Waals surface area (Å²) in [6, 6.07) is 10.2. The molecule has 0 aliphatic heterocycles. The van der Waals surface area contributed by atoms with Crippen LogP contribution in [0.4, 0.5) is 5.69 Å². The largest absolute Gasteiger partial charge is 0.496 e. The van der Waals surface area contributed by atoms with Crippen LogP contribution in [0.3, 0.4) is 0 Å². The van der Waals surface area contributed by atoms with E-state index in [-0.39, 0.29) is 15.7 Å². The predicted octanol–water partition coefficient (Wildman–Crippen LogP) is 4.54. The Morgan fingerprint density at radius 1 is 1.22 bits per heavy atom. The number of hydrazone groups is 1. The molecule has 8 nitrogen and oxygen atoms in total. The Hall–Kier alpha value is -2.66. The average Bonchev–Trinajstić information content (AvgIpc) is 3.20. The summed E-state index contributed by atoms with van der Waals surface area (Å²) in [6.07, 6.45) is 1.43. The monoisotopic (exact) mass is 509 g/mol. The van der Waals surface area contributed by atoms with Gasteiger partial charge in [0.1, 0.15) is 10.8 Å². The van der Waals surface area contributed by atoms with Crippen molar-refractivity contribution in [3.05, 3.63) is 62.6 Å². The number of aromatic nitrogens is 2. The van der Waals surface area contributed by atoms with Gasteiger partial charge in [0.15, 0.2) is 4.34 Å². The molecule has 0 radical (unpaired) electrons. The van der Waals surface area contributed by atoms with E-state index in [9.17, 15) is 9.59 Å². The van der Waals surface area contributed by atoms with Gasteiger partial charge in [-0.05, 0) is 42.8 Å². The van der Waals surface area contributed by atoms with Gasteiger partial charge in [0, 0.05) is 11.3 Å². The number of nitrogens with one attached hydrogen (secondary N) is 2. The quantitative estimate of drug-likeness (QED) is 0.209. The van der Waals surface area contributed by atoms with Gasteiger partial charge in [-0.15, -0.1) is 10.2 Å². The van der Waals surface area contributed by atoms with Crippen LogP contribution in [0.25, 0.3) is 0 Å². The average molecular weight is 510 g/mol. The maximum Gasteiger partial charge on any atom is 0.329 e. The summed E-state index contributed by atoms with van der Waals surface area (Å²) >= 11 is 15.0. The highest BCUT2D eigenvalue weighted by atomic mass is 35.5. The summed E-state index contributed by atoms with van der Waals surface area (Å²) in [5, 5.41) is 15.6. The maximum absolute atomic E-state index is 12.0. The molecule has 3 rings (SSSR count). The maximum atomic E-state index is 12.0. The molecule has 0 aliphatic rings. The van der Waals surface area contributed by atoms with Gasteiger partial charge in [-0.3, -0.25) is 9.59 Å². The molecule has 2 aromatic carbocycles. The molecule has 0 spiro atoms. The molecule has 166 valence electrons. The topological polar surface area (TPSA) is 106 Å². The van der Waals surface area contributed by atoms with Gasteiger partial charge in [-0.2, -0.15) is 5.10 Å². The van der Waals surface area contributed by atoms with Crippen LogP contribution in [0.5, 0.6) is 5.75 Å². The van der Waals surface area contributed by atoms with Crippen molar-refractivity contribution in [1.82, 2.24) is 15.6 Å². The van der Waals surface area contributed by atoms with E-state index in [1.165, 1.54) is 23.6 Å². The van der Waals surface area contributed by atoms with Crippen LogP contribution in [0.1, 0.15) is 16.1 Å². The molecule has 0 atom stereocenters. The summed E-state index contributed by atoms with van der Waals surface area (Å²) in [7, 11) is 1.59. The summed E-state index contributed by atoms with van der Waals surface area (Å²) in [5.74, 6) is -0.536. The summed E-state index contributed by atoms with van der Waals surface area (Å²) < 4.78 is 6.27. The first-order chi connectivity index (χ1) is 15.4. The Balaban J connectivity index is 1.60. The first kappa shape index (κ1) is 24.0. The fourth-order valence-corrected chi connectivity index (χ4v) is 4.60. The molecule has 1 heterocycles. The minimum absolute atomic E-state index is 0.145. The number of halogens is 2. The van der Waals surface area contributed by atoms with Crippen molar-refractivity contribution in [1.29, 1.82) is 0 Å². The molecule has 0 aliphatic carbocycles. The molecule has 2 N–H and O–H groups in total. The molecule has 0 saturated heterocycles. The van der Waals surface area contributed by atoms with E-state index in [0.717, 1.165) is 20.7 Å². The minimum Gasteiger partial charge on any atom is -0.496 e. The van der Waals surface area contributed by atoms with E-state index in [0.29, 0.717) is 11.3 Å². The van der Waals surface area contributed by atoms with E-state index in [1.807, 2.05) is 13.0 Å². The van der Waals surface area contributed by atoms with Crippen molar-refractivity contribution >= 4 is 70.0 Å². The lowest BCUT2D eigenvalue weighted by atomic mass is 10.1. The van der Waals surface area contributed by atoms with Crippen molar-refractivity contribution in [2.45, 2.75) is 17.0 Å². The second kappa shape index (κ2) is 11.3. The number of hydrogen-bond acceptors (Lipinski definition) is 8. The highest BCUT2D eigenvalue weighted by Gasteiger charge is 2.15. The molecule has 0 saturated carbocycles. The fraction of sp³-hybridized carbons (Fsp3) is 0.150. The number of benzene rings is 2. The lowest BCUT2D eigenvalue weighted by Gasteiger charge is -2.08. The normalized spacial score (nSPS) is 10.9. The smallest absolute Gasteiger partial charge is 0.329 e. The third-order valence-corrected chi connectivity index (χ3v) is 6.79. The van der Waals surface area contributed by atoms with E-state index >= 15 is 0 Å². The number of carbonyl (C=O) groups excluding carboxylic acids is 2. The van der Waals surface area contributed by atoms with Gasteiger partial charge in [0.05, 0.1) is 29.1 Å². The van der Waals surface area contributed by atoms with E-state index in [4.69, 9.17) is 27.9 Å². The Labute approximate surface area is 202 Å². The minimum atomic E-state index is -0.951. The van der Waals surface area contributed by atoms with Crippen molar-refractivity contribution in [2.24, 2.45) is 5.10 Å². The van der Waals surface area contributed by atoms with Crippen LogP contribution in [-0.2, 0) is 15.3 Å². The SMILES string of the molecule is COc1ccc(/C=N/NC(=O)C(=O)Nc2cccc(Cl)c2Cl)cc1CSc1nnc(C)s1. The number of anilines is 1. The third-order valence-electron chi connectivity index (χ3n) is 3.95. The zero-order chi connectivity index (χ0) is 23.1. The van der Waals surface area contributed by atoms with E-state index < -0.39 is 11.8 Å². The molecule has 12 heteroatoms. The molecule has 0 unspecified atom stereocenters. The molecule has 0 fully saturated rings. The Kier molecular flexibility index (Phi) is 8.46. The number of carbonyl (C=O) groups is 2. The zero-order valence-corrected chi connectivity index (χ0v) is 20.0. The van der Waals surface area contributed by atoms with Gasteiger partial charge in [0.2, 0.25) is 0 Å². The summed E-state index contributed by atoms with van der Waals surface area (Å²) in [5.41, 5.74) is 4.05. The molecule has 3 aromatic rings. The van der Waals surface area contributed by atoms with Crippen molar-refractivity contribution < 1.29 is 14.3 Å². The zero-order valence-electron chi connectivity index (χ0n) is 16.9. The Morgan fingerprint density at radius 3 is 2.75 bits per heavy atom. The van der Waals surface area contributed by atoms with Gasteiger partial charge in [-0.25, -0.2) is 5.43 Å². The number of rotatable bonds is 7. The number of hydrogen-bond donors (Lipinski definition) is 2. The molecule has 2 amide bonds. The first-order valence-corrected chi connectivity index (χ1v) is 11.6. The van der Waals surface area contributed by atoms with Crippen LogP contribution < -0.4 is 15.5 Å². The highest BCUT2D eigenvalue weighted by molar-refractivity contribution is 8.00. The van der Waals surface area contributed by atoms with Crippen molar-refractivity contribution in [3.63, 3.8) is 0 Å². The standard InChI is InChI=1S/C20H17Cl2N5O3S2/c1-11-25-27-20(32-11)31-10-13-8-12(6-7-16(13)30-2)9-23-26-19(29)18(28)24-15-5-3-4-14(21)17(15)22/h3-9H,10H2,1-2H3,(H,24,28)(H,26,29)/b23-9+. The van der Waals surface area contributed by atoms with Crippen molar-refractivity contribution in [2.75, 3.05) is 12.4 Å². The molecular weight excluding hydrogens is 493 g/mol. The van der Waals surface area contributed by atoms with Crippen molar-refractivity contribution in [3.8, 4) is 5.75 Å². The Morgan fingerprint density at radius 2 is 2.03 bits per heavy atom. The lowest BCUT2D eigenvalue weighted by molar-refractivity contribution is -0.136. The van der Waals surface area contributed by atoms with Gasteiger partial charge < -0.3 is 10.1 Å². The number of thioether (sulfide) groups is 1. The Bertz CT molecular complexity index is 1170. The second-order valence-corrected chi connectivity index (χ2v) is 9.39. The number of ether oxygens (including phenoxy) is 1. The number of methoxy groups -OCH3 is 1. The van der Waals surface area contributed by atoms with Gasteiger partial charge >= 0.3 is 11.8 Å². The van der Waals surface area contributed by atoms with E-state index in [1.54, 1.807) is 43.1 Å². The summed E-state index contributed by atoms with van der Waals surface area (Å²) in [6.45, 7) is 1.90. The molecule has 0 bridgehead atoms. The lowest BCUT2D eigenvalue weighted by Crippen LogP contribution is -2.32. The van der Waals surface area contributed by atoms with Crippen LogP contribution in [0.2, 0.25) is 10.0 Å².